The van der Waals surface area contributed by atoms with Gasteiger partial charge in [-0.25, -0.2) is 14.4 Å². The zero-order valence-corrected chi connectivity index (χ0v) is 22.2. The first-order chi connectivity index (χ1) is 20.4. The summed E-state index contributed by atoms with van der Waals surface area (Å²) >= 11 is 0. The molecule has 212 valence electrons. The van der Waals surface area contributed by atoms with E-state index in [0.29, 0.717) is 65.4 Å². The Morgan fingerprint density at radius 3 is 2.26 bits per heavy atom. The molecule has 0 spiro atoms. The van der Waals surface area contributed by atoms with Crippen molar-refractivity contribution in [1.29, 1.82) is 0 Å². The second-order valence-corrected chi connectivity index (χ2v) is 9.94. The summed E-state index contributed by atoms with van der Waals surface area (Å²) in [6.45, 7) is 0.429. The van der Waals surface area contributed by atoms with E-state index in [2.05, 4.69) is 35.9 Å². The van der Waals surface area contributed by atoms with Crippen molar-refractivity contribution in [2.45, 2.75) is 19.3 Å². The van der Waals surface area contributed by atoms with Crippen LogP contribution in [0.3, 0.4) is 0 Å². The normalized spacial score (nSPS) is 13.4. The predicted octanol–water partition coefficient (Wildman–Crippen LogP) is 4.55. The van der Waals surface area contributed by atoms with Crippen LogP contribution in [0, 0.1) is 11.2 Å². The average Bonchev–Trinajstić information content (AvgIpc) is 3.42. The quantitative estimate of drug-likeness (QED) is 0.156. The third-order valence-electron chi connectivity index (χ3n) is 7.02. The van der Waals surface area contributed by atoms with E-state index >= 15 is 0 Å². The van der Waals surface area contributed by atoms with Gasteiger partial charge < -0.3 is 30.7 Å². The standard InChI is InChI=1S/C30H26FN7O4/c31-18-1-3-19(4-2-18)36-28(40)30(11-12-30)29(41)37-20-5-7-22(8-6-20)42-25-10-14-33-26-23(25)15-24(38-26)27(39)34-13-9-21-16-32-17-35-21/h1-8,10,14-17H,9,11-13H2,(H,32,35)(H,33,38)(H,34,39)(H,36,40)(H,37,41). The van der Waals surface area contributed by atoms with Crippen LogP contribution in [0.1, 0.15) is 29.0 Å². The van der Waals surface area contributed by atoms with Gasteiger partial charge in [-0.15, -0.1) is 0 Å². The van der Waals surface area contributed by atoms with Crippen LogP contribution < -0.4 is 20.7 Å². The highest BCUT2D eigenvalue weighted by Crippen LogP contribution is 2.47. The summed E-state index contributed by atoms with van der Waals surface area (Å²) in [7, 11) is 0. The fourth-order valence-electron chi connectivity index (χ4n) is 4.49. The van der Waals surface area contributed by atoms with E-state index in [0.717, 1.165) is 5.69 Å². The number of H-pyrrole nitrogens is 2. The number of hydrogen-bond acceptors (Lipinski definition) is 6. The van der Waals surface area contributed by atoms with Crippen molar-refractivity contribution in [2.24, 2.45) is 5.41 Å². The lowest BCUT2D eigenvalue weighted by Crippen LogP contribution is -2.35. The number of halogens is 1. The van der Waals surface area contributed by atoms with Crippen LogP contribution in [0.5, 0.6) is 11.5 Å². The Morgan fingerprint density at radius 1 is 0.929 bits per heavy atom. The van der Waals surface area contributed by atoms with Crippen LogP contribution in [0.2, 0.25) is 0 Å². The number of anilines is 2. The van der Waals surface area contributed by atoms with Gasteiger partial charge in [0, 0.05) is 36.7 Å². The van der Waals surface area contributed by atoms with Crippen LogP contribution in [0.25, 0.3) is 11.0 Å². The van der Waals surface area contributed by atoms with Crippen molar-refractivity contribution in [2.75, 3.05) is 17.2 Å². The number of aromatic nitrogens is 4. The summed E-state index contributed by atoms with van der Waals surface area (Å²) in [5, 5.41) is 8.99. The molecule has 5 N–H and O–H groups in total. The molecule has 0 radical (unpaired) electrons. The first-order valence-electron chi connectivity index (χ1n) is 13.3. The summed E-state index contributed by atoms with van der Waals surface area (Å²) < 4.78 is 19.2. The molecule has 1 saturated carbocycles. The molecule has 5 aromatic rings. The molecule has 1 aliphatic rings. The summed E-state index contributed by atoms with van der Waals surface area (Å²) in [4.78, 5) is 52.8. The lowest BCUT2D eigenvalue weighted by molar-refractivity contribution is -0.131. The summed E-state index contributed by atoms with van der Waals surface area (Å²) in [6, 6.07) is 15.5. The molecule has 0 saturated heterocycles. The minimum atomic E-state index is -1.16. The molecular weight excluding hydrogens is 541 g/mol. The predicted molar refractivity (Wildman–Crippen MR) is 153 cm³/mol. The van der Waals surface area contributed by atoms with Gasteiger partial charge in [0.15, 0.2) is 0 Å². The first-order valence-corrected chi connectivity index (χ1v) is 13.3. The minimum absolute atomic E-state index is 0.269. The molecule has 1 aliphatic carbocycles. The molecule has 0 bridgehead atoms. The smallest absolute Gasteiger partial charge is 0.267 e. The van der Waals surface area contributed by atoms with Gasteiger partial charge in [0.05, 0.1) is 17.4 Å². The van der Waals surface area contributed by atoms with Gasteiger partial charge in [-0.1, -0.05) is 0 Å². The number of carbonyl (C=O) groups is 3. The number of rotatable bonds is 10. The molecule has 3 aromatic heterocycles. The number of benzene rings is 2. The molecule has 12 heteroatoms. The SMILES string of the molecule is O=C(NCCc1c[nH]cn1)c1cc2c(Oc3ccc(NC(=O)C4(C(=O)Nc5ccc(F)cc5)CC4)cc3)ccnc2[nH]1. The number of ether oxygens (including phenoxy) is 1. The highest BCUT2D eigenvalue weighted by atomic mass is 19.1. The number of fused-ring (bicyclic) bond motifs is 1. The first kappa shape index (κ1) is 26.7. The second kappa shape index (κ2) is 11.2. The molecule has 0 aliphatic heterocycles. The van der Waals surface area contributed by atoms with Crippen LogP contribution in [0.15, 0.2) is 79.4 Å². The molecule has 11 nitrogen and oxygen atoms in total. The van der Waals surface area contributed by atoms with Gasteiger partial charge in [-0.3, -0.25) is 14.4 Å². The summed E-state index contributed by atoms with van der Waals surface area (Å²) in [5.74, 6) is -0.514. The van der Waals surface area contributed by atoms with Crippen molar-refractivity contribution < 1.29 is 23.5 Å². The van der Waals surface area contributed by atoms with E-state index in [1.807, 2.05) is 0 Å². The monoisotopic (exact) mass is 567 g/mol. The third-order valence-corrected chi connectivity index (χ3v) is 7.02. The van der Waals surface area contributed by atoms with E-state index in [1.165, 1.54) is 24.3 Å². The maximum Gasteiger partial charge on any atom is 0.267 e. The highest BCUT2D eigenvalue weighted by Gasteiger charge is 2.56. The number of nitrogens with one attached hydrogen (secondary N) is 5. The fraction of sp³-hybridized carbons (Fsp3) is 0.167. The average molecular weight is 568 g/mol. The highest BCUT2D eigenvalue weighted by molar-refractivity contribution is 6.16. The van der Waals surface area contributed by atoms with E-state index in [-0.39, 0.29) is 5.91 Å². The zero-order valence-electron chi connectivity index (χ0n) is 22.2. The Kier molecular flexibility index (Phi) is 7.09. The lowest BCUT2D eigenvalue weighted by atomic mass is 10.0. The Hall–Kier alpha value is -5.52. The van der Waals surface area contributed by atoms with Crippen LogP contribution in [0.4, 0.5) is 15.8 Å². The van der Waals surface area contributed by atoms with Crippen molar-refractivity contribution >= 4 is 40.1 Å². The van der Waals surface area contributed by atoms with Crippen molar-refractivity contribution in [3.05, 3.63) is 96.6 Å². The maximum atomic E-state index is 13.2. The number of nitrogens with zero attached hydrogens (tertiary/aromatic N) is 2. The Morgan fingerprint density at radius 2 is 1.62 bits per heavy atom. The Bertz CT molecular complexity index is 1750. The Balaban J connectivity index is 1.07. The number of amides is 3. The molecule has 42 heavy (non-hydrogen) atoms. The number of aromatic amines is 2. The van der Waals surface area contributed by atoms with Crippen LogP contribution in [-0.4, -0.2) is 44.2 Å². The maximum absolute atomic E-state index is 13.2. The number of hydrogen-bond donors (Lipinski definition) is 5. The molecule has 3 amide bonds. The van der Waals surface area contributed by atoms with Crippen LogP contribution in [-0.2, 0) is 16.0 Å². The van der Waals surface area contributed by atoms with Crippen LogP contribution >= 0.6 is 0 Å². The molecule has 6 rings (SSSR count). The topological polar surface area (TPSA) is 154 Å². The van der Waals surface area contributed by atoms with E-state index in [1.54, 1.807) is 55.1 Å². The molecule has 3 heterocycles. The van der Waals surface area contributed by atoms with Crippen molar-refractivity contribution in [3.8, 4) is 11.5 Å². The number of imidazole rings is 1. The molecule has 0 atom stereocenters. The van der Waals surface area contributed by atoms with Gasteiger partial charge >= 0.3 is 0 Å². The molecular formula is C30H26FN7O4. The van der Waals surface area contributed by atoms with Gasteiger partial charge in [0.25, 0.3) is 5.91 Å². The Labute approximate surface area is 238 Å². The fourth-order valence-corrected chi connectivity index (χ4v) is 4.49. The lowest BCUT2D eigenvalue weighted by Gasteiger charge is -2.16. The van der Waals surface area contributed by atoms with Gasteiger partial charge in [0.2, 0.25) is 11.8 Å². The third kappa shape index (κ3) is 5.68. The van der Waals surface area contributed by atoms with Crippen molar-refractivity contribution in [3.63, 3.8) is 0 Å². The largest absolute Gasteiger partial charge is 0.457 e. The zero-order chi connectivity index (χ0) is 29.1. The van der Waals surface area contributed by atoms with E-state index < -0.39 is 23.0 Å². The van der Waals surface area contributed by atoms with E-state index in [9.17, 15) is 18.8 Å². The molecule has 1 fully saturated rings. The van der Waals surface area contributed by atoms with E-state index in [4.69, 9.17) is 4.74 Å². The molecule has 0 unspecified atom stereocenters. The molecule has 2 aromatic carbocycles. The number of carbonyl (C=O) groups excluding carboxylic acids is 3. The van der Waals surface area contributed by atoms with Crippen molar-refractivity contribution in [1.82, 2.24) is 25.3 Å². The summed E-state index contributed by atoms with van der Waals surface area (Å²) in [5.41, 5.74) is 1.47. The van der Waals surface area contributed by atoms with Gasteiger partial charge in [-0.2, -0.15) is 0 Å². The summed E-state index contributed by atoms with van der Waals surface area (Å²) in [6.07, 6.45) is 6.40. The number of pyridine rings is 1. The van der Waals surface area contributed by atoms with Gasteiger partial charge in [-0.05, 0) is 73.5 Å². The minimum Gasteiger partial charge on any atom is -0.457 e. The second-order valence-electron chi connectivity index (χ2n) is 9.94. The van der Waals surface area contributed by atoms with Gasteiger partial charge in [0.1, 0.15) is 34.1 Å².